The molecule has 8 N–H and O–H groups in total. The largest absolute Gasteiger partial charge is 1.00 e. The summed E-state index contributed by atoms with van der Waals surface area (Å²) in [5.41, 5.74) is 17.5. The summed E-state index contributed by atoms with van der Waals surface area (Å²) >= 11 is 0. The third-order valence-corrected chi connectivity index (χ3v) is 10.3. The van der Waals surface area contributed by atoms with E-state index in [2.05, 4.69) is 73.5 Å². The van der Waals surface area contributed by atoms with E-state index in [4.69, 9.17) is 26.2 Å². The number of H-pyrrole nitrogens is 4. The number of nitrogens with two attached hydrogens (primary N) is 2. The average Bonchev–Trinajstić information content (AvgIpc) is 4.13. The van der Waals surface area contributed by atoms with Crippen molar-refractivity contribution in [3.05, 3.63) is 147 Å². The Kier molecular flexibility index (Phi) is 17.2. The molecule has 26 heteroatoms. The van der Waals surface area contributed by atoms with Crippen LogP contribution in [0.1, 0.15) is 33.3 Å². The lowest BCUT2D eigenvalue weighted by atomic mass is 9.77. The van der Waals surface area contributed by atoms with Crippen molar-refractivity contribution in [2.75, 3.05) is 11.5 Å². The zero-order valence-corrected chi connectivity index (χ0v) is 36.3. The summed E-state index contributed by atoms with van der Waals surface area (Å²) in [7, 11) is -4.00. The van der Waals surface area contributed by atoms with Gasteiger partial charge in [0.15, 0.2) is 4.98 Å². The van der Waals surface area contributed by atoms with Gasteiger partial charge in [-0.05, 0) is 76.5 Å². The number of halogens is 4. The number of nitrogens with one attached hydrogen (secondary N) is 4. The molecule has 0 saturated carbocycles. The lowest BCUT2D eigenvalue weighted by Crippen LogP contribution is -3.00. The van der Waals surface area contributed by atoms with E-state index in [1.165, 1.54) is 18.3 Å². The van der Waals surface area contributed by atoms with Gasteiger partial charge in [-0.2, -0.15) is 20.4 Å². The second-order valence-electron chi connectivity index (χ2n) is 15.0. The monoisotopic (exact) mass is 924 g/mol. The minimum atomic E-state index is -3.67. The Morgan fingerprint density at radius 1 is 0.627 bits per heavy atom. The van der Waals surface area contributed by atoms with Gasteiger partial charge in [0.05, 0.1) is 73.3 Å². The summed E-state index contributed by atoms with van der Waals surface area (Å²) in [6.07, 6.45) is 6.62. The van der Waals surface area contributed by atoms with Crippen molar-refractivity contribution in [3.63, 3.8) is 0 Å². The third kappa shape index (κ3) is 12.6. The van der Waals surface area contributed by atoms with Gasteiger partial charge in [0.25, 0.3) is 11.4 Å². The van der Waals surface area contributed by atoms with E-state index in [0.29, 0.717) is 27.8 Å². The van der Waals surface area contributed by atoms with Crippen LogP contribution >= 0.6 is 0 Å². The number of nitro benzene ring substituents is 2. The van der Waals surface area contributed by atoms with Gasteiger partial charge in [-0.3, -0.25) is 53.6 Å². The van der Waals surface area contributed by atoms with Gasteiger partial charge in [-0.1, -0.05) is 36.4 Å². The summed E-state index contributed by atoms with van der Waals surface area (Å²) in [5, 5.41) is 59.4. The van der Waals surface area contributed by atoms with Crippen LogP contribution in [-0.4, -0.2) is 76.5 Å². The zero-order valence-electron chi connectivity index (χ0n) is 36.3. The van der Waals surface area contributed by atoms with Gasteiger partial charge in [-0.15, -0.1) is 0 Å². The summed E-state index contributed by atoms with van der Waals surface area (Å²) in [4.78, 5) is 23.1. The molecular weight excluding hydrogens is 882 g/mol. The number of hydrogen-bond acceptors (Lipinski definition) is 13. The molecular formula is C41H42B2F4N14O6. The molecule has 5 heterocycles. The molecule has 4 aromatic heterocycles. The van der Waals surface area contributed by atoms with Gasteiger partial charge in [-0.25, -0.2) is 0 Å². The maximum atomic E-state index is 10.5. The van der Waals surface area contributed by atoms with Gasteiger partial charge in [0, 0.05) is 45.9 Å². The predicted octanol–water partition coefficient (Wildman–Crippen LogP) is 5.90. The Balaban J connectivity index is 0.000000181. The molecule has 0 bridgehead atoms. The van der Waals surface area contributed by atoms with Gasteiger partial charge >= 0.3 is 20.3 Å². The van der Waals surface area contributed by atoms with E-state index in [1.54, 1.807) is 55.7 Å². The lowest BCUT2D eigenvalue weighted by Gasteiger charge is -2.32. The Hall–Kier alpha value is -8.43. The molecule has 20 nitrogen and oxygen atoms in total. The number of nitrogens with zero attached hydrogens (tertiary/aromatic N) is 8. The van der Waals surface area contributed by atoms with Crippen LogP contribution in [0.3, 0.4) is 0 Å². The number of nitrogen functional groups attached to an aromatic ring is 2. The van der Waals surface area contributed by atoms with Crippen LogP contribution in [0.25, 0.3) is 48.6 Å². The van der Waals surface area contributed by atoms with E-state index in [9.17, 15) is 33.2 Å². The molecule has 1 saturated heterocycles. The molecule has 0 amide bonds. The summed E-state index contributed by atoms with van der Waals surface area (Å²) in [6.45, 7) is 9.86. The highest BCUT2D eigenvalue weighted by Gasteiger charge is 2.52. The summed E-state index contributed by atoms with van der Waals surface area (Å²) in [5.74, 6) is 0. The molecule has 346 valence electrons. The standard InChI is InChI=1S/C13H17BN2O2.C7H5N4.C7H5N3O2.C7H7N3.C7H8N2O2.BF3.FH/c1-12(2)13(3,4)18-14(17-12)10-6-5-7-11-9(10)8-15-16-11;8-10-6-2-1-3-7-5(6)4-9-11-7;11-10(12)7-3-1-2-6-5(7)4-8-9-6;8-6-2-1-3-7-5(6)4-9-10-7;1-5-6(8)3-2-4-7(5)9(10)11;2-1(3)4;/h5-8H,1-4H3,(H,15,16);1-4H,(H,9,11);1-4H,(H,8,9);1-4H,8H2,(H,9,10);2-4H,8H2,1H3;;1H/q;+1;;;;;/p-1. The van der Waals surface area contributed by atoms with Crippen molar-refractivity contribution in [1.29, 1.82) is 5.39 Å². The fourth-order valence-corrected chi connectivity index (χ4v) is 6.15. The molecule has 0 atom stereocenters. The van der Waals surface area contributed by atoms with Crippen LogP contribution in [0.2, 0.25) is 0 Å². The number of diazo groups is 1. The Morgan fingerprint density at radius 3 is 1.52 bits per heavy atom. The Morgan fingerprint density at radius 2 is 1.01 bits per heavy atom. The molecule has 67 heavy (non-hydrogen) atoms. The van der Waals surface area contributed by atoms with Crippen molar-refractivity contribution >= 4 is 92.2 Å². The molecule has 0 radical (unpaired) electrons. The molecule has 1 fully saturated rings. The van der Waals surface area contributed by atoms with Crippen LogP contribution in [0, 0.1) is 32.5 Å². The predicted molar refractivity (Wildman–Crippen MR) is 247 cm³/mol. The second kappa shape index (κ2) is 22.5. The molecule has 1 aliphatic rings. The highest BCUT2D eigenvalue weighted by Crippen LogP contribution is 2.37. The van der Waals surface area contributed by atoms with Crippen LogP contribution in [0.4, 0.5) is 41.4 Å². The number of nitro groups is 2. The minimum absolute atomic E-state index is 0. The molecule has 10 rings (SSSR count). The number of fused-ring (bicyclic) bond motifs is 4. The molecule has 0 aliphatic carbocycles. The fraction of sp³-hybridized carbons (Fsp3) is 0.171. The Labute approximate surface area is 378 Å². The number of aromatic nitrogens is 8. The normalized spacial score (nSPS) is 12.8. The third-order valence-electron chi connectivity index (χ3n) is 10.3. The van der Waals surface area contributed by atoms with Crippen molar-refractivity contribution in [3.8, 4) is 0 Å². The van der Waals surface area contributed by atoms with E-state index >= 15 is 0 Å². The van der Waals surface area contributed by atoms with Crippen molar-refractivity contribution in [1.82, 2.24) is 40.8 Å². The average molecular weight is 924 g/mol. The van der Waals surface area contributed by atoms with Crippen molar-refractivity contribution in [2.45, 2.75) is 45.8 Å². The van der Waals surface area contributed by atoms with E-state index in [0.717, 1.165) is 43.9 Å². The topological polar surface area (TPSA) is 300 Å². The first kappa shape index (κ1) is 51.2. The maximum absolute atomic E-state index is 10.5. The lowest BCUT2D eigenvalue weighted by molar-refractivity contribution is -0.385. The number of aromatic amines is 4. The van der Waals surface area contributed by atoms with Crippen molar-refractivity contribution < 1.29 is 36.8 Å². The first-order chi connectivity index (χ1) is 31.3. The smallest absolute Gasteiger partial charge is 0.762 e. The van der Waals surface area contributed by atoms with Crippen LogP contribution in [0.5, 0.6) is 0 Å². The number of hydrogen-bond donors (Lipinski definition) is 6. The summed E-state index contributed by atoms with van der Waals surface area (Å²) in [6, 6.07) is 26.6. The number of rotatable bonds is 3. The number of benzene rings is 5. The zero-order chi connectivity index (χ0) is 48.2. The second-order valence-corrected chi connectivity index (χ2v) is 15.0. The SMILES string of the molecule is CC1(C)OB(c2cccc3[nH]ncc23)OC1(C)C.Cc1c(N)cccc1[N+](=O)[O-].FB(F)F.N#[N+]c1cccc2[nH]ncc12.Nc1cccc2[nH]ncc12.O=[N+]([O-])c1cccc2[nH]ncc12.[F-]. The first-order valence-corrected chi connectivity index (χ1v) is 19.6. The molecule has 0 spiro atoms. The molecule has 0 unspecified atom stereocenters. The number of non-ortho nitro benzene ring substituents is 1. The number of anilines is 2. The van der Waals surface area contributed by atoms with E-state index in [1.807, 2.05) is 48.7 Å². The Bertz CT molecular complexity index is 3100. The molecule has 9 aromatic rings. The maximum Gasteiger partial charge on any atom is 0.762 e. The fourth-order valence-electron chi connectivity index (χ4n) is 6.15. The van der Waals surface area contributed by atoms with Gasteiger partial charge in [0.1, 0.15) is 5.39 Å². The van der Waals surface area contributed by atoms with Crippen LogP contribution < -0.4 is 21.6 Å². The highest BCUT2D eigenvalue weighted by molar-refractivity contribution is 6.65. The molecule has 5 aromatic carbocycles. The van der Waals surface area contributed by atoms with E-state index in [-0.39, 0.29) is 34.4 Å². The first-order valence-electron chi connectivity index (χ1n) is 19.6. The summed E-state index contributed by atoms with van der Waals surface area (Å²) < 4.78 is 41.1. The molecule has 1 aliphatic heterocycles. The minimum Gasteiger partial charge on any atom is -1.00 e. The van der Waals surface area contributed by atoms with Crippen LogP contribution in [0.15, 0.2) is 116 Å². The highest BCUT2D eigenvalue weighted by atomic mass is 19.4. The van der Waals surface area contributed by atoms with Gasteiger partial charge in [0.2, 0.25) is 5.39 Å². The van der Waals surface area contributed by atoms with E-state index < -0.39 is 17.4 Å². The quantitative estimate of drug-likeness (QED) is 0.0301. The van der Waals surface area contributed by atoms with Crippen molar-refractivity contribution in [2.24, 2.45) is 0 Å². The van der Waals surface area contributed by atoms with Gasteiger partial charge < -0.3 is 25.5 Å². The van der Waals surface area contributed by atoms with Crippen LogP contribution in [-0.2, 0) is 9.31 Å².